The Labute approximate surface area is 153 Å². The van der Waals surface area contributed by atoms with Crippen LogP contribution in [0, 0.1) is 24.0 Å². The average Bonchev–Trinajstić information content (AvgIpc) is 2.54. The number of carbonyl (C=O) groups excluding carboxylic acids is 1. The first kappa shape index (κ1) is 18.6. The highest BCUT2D eigenvalue weighted by atomic mass is 79.9. The zero-order chi connectivity index (χ0) is 18.4. The van der Waals surface area contributed by atoms with Gasteiger partial charge < -0.3 is 4.74 Å². The molecule has 2 aromatic carbocycles. The molecule has 8 heteroatoms. The molecule has 7 nitrogen and oxygen atoms in total. The maximum atomic E-state index is 11.8. The first-order valence-electron chi connectivity index (χ1n) is 7.32. The minimum atomic E-state index is -0.493. The van der Waals surface area contributed by atoms with E-state index in [9.17, 15) is 14.9 Å². The zero-order valence-electron chi connectivity index (χ0n) is 13.7. The Bertz CT molecular complexity index is 813. The van der Waals surface area contributed by atoms with Crippen molar-refractivity contribution in [1.82, 2.24) is 5.43 Å². The number of hydrogen-bond acceptors (Lipinski definition) is 5. The van der Waals surface area contributed by atoms with Crippen molar-refractivity contribution in [1.29, 1.82) is 0 Å². The molecule has 0 fully saturated rings. The third kappa shape index (κ3) is 5.39. The molecule has 130 valence electrons. The number of benzene rings is 2. The van der Waals surface area contributed by atoms with E-state index in [1.165, 1.54) is 18.3 Å². The molecular formula is C17H16BrN3O4. The van der Waals surface area contributed by atoms with Gasteiger partial charge in [-0.05, 0) is 37.1 Å². The molecule has 0 saturated heterocycles. The Balaban J connectivity index is 1.91. The topological polar surface area (TPSA) is 93.8 Å². The number of aryl methyl sites for hydroxylation is 2. The number of nitrogens with one attached hydrogen (secondary N) is 1. The van der Waals surface area contributed by atoms with Gasteiger partial charge in [0.05, 0.1) is 11.1 Å². The fourth-order valence-corrected chi connectivity index (χ4v) is 2.88. The Hall–Kier alpha value is -2.74. The van der Waals surface area contributed by atoms with E-state index >= 15 is 0 Å². The third-order valence-electron chi connectivity index (χ3n) is 3.26. The second-order valence-corrected chi connectivity index (χ2v) is 6.22. The summed E-state index contributed by atoms with van der Waals surface area (Å²) in [5, 5.41) is 14.5. The monoisotopic (exact) mass is 405 g/mol. The summed E-state index contributed by atoms with van der Waals surface area (Å²) in [6.45, 7) is 3.60. The molecule has 1 N–H and O–H groups in total. The van der Waals surface area contributed by atoms with Gasteiger partial charge in [0.1, 0.15) is 5.75 Å². The molecule has 0 aliphatic carbocycles. The predicted octanol–water partition coefficient (Wildman–Crippen LogP) is 3.50. The van der Waals surface area contributed by atoms with Crippen LogP contribution in [-0.2, 0) is 4.79 Å². The van der Waals surface area contributed by atoms with Gasteiger partial charge in [-0.2, -0.15) is 5.10 Å². The Morgan fingerprint density at radius 3 is 2.64 bits per heavy atom. The van der Waals surface area contributed by atoms with Gasteiger partial charge in [0.25, 0.3) is 11.6 Å². The number of amides is 1. The third-order valence-corrected chi connectivity index (χ3v) is 3.71. The van der Waals surface area contributed by atoms with Crippen LogP contribution in [-0.4, -0.2) is 23.7 Å². The van der Waals surface area contributed by atoms with Crippen molar-refractivity contribution in [2.75, 3.05) is 6.61 Å². The number of nitro benzene ring substituents is 1. The summed E-state index contributed by atoms with van der Waals surface area (Å²) in [4.78, 5) is 22.0. The van der Waals surface area contributed by atoms with Crippen molar-refractivity contribution >= 4 is 33.7 Å². The molecule has 0 heterocycles. The van der Waals surface area contributed by atoms with E-state index in [0.29, 0.717) is 11.3 Å². The molecule has 0 aromatic heterocycles. The molecule has 0 saturated carbocycles. The molecular weight excluding hydrogens is 390 g/mol. The van der Waals surface area contributed by atoms with Gasteiger partial charge in [-0.25, -0.2) is 5.43 Å². The second-order valence-electron chi connectivity index (χ2n) is 5.30. The number of hydrazone groups is 1. The summed E-state index contributed by atoms with van der Waals surface area (Å²) in [5.41, 5.74) is 4.63. The fourth-order valence-electron chi connectivity index (χ4n) is 2.19. The lowest BCUT2D eigenvalue weighted by Gasteiger charge is -2.11. The summed E-state index contributed by atoms with van der Waals surface area (Å²) in [6.07, 6.45) is 1.33. The number of nitro groups is 1. The number of nitrogens with zero attached hydrogens (tertiary/aromatic N) is 2. The van der Waals surface area contributed by atoms with E-state index < -0.39 is 10.8 Å². The van der Waals surface area contributed by atoms with Crippen LogP contribution >= 0.6 is 15.9 Å². The summed E-state index contributed by atoms with van der Waals surface area (Å²) in [5.74, 6) is 0.226. The van der Waals surface area contributed by atoms with Crippen LogP contribution in [0.2, 0.25) is 0 Å². The zero-order valence-corrected chi connectivity index (χ0v) is 15.2. The Kier molecular flexibility index (Phi) is 6.24. The van der Waals surface area contributed by atoms with Crippen LogP contribution in [0.25, 0.3) is 0 Å². The number of halogens is 1. The quantitative estimate of drug-likeness (QED) is 0.451. The van der Waals surface area contributed by atoms with Crippen molar-refractivity contribution in [3.05, 3.63) is 67.7 Å². The van der Waals surface area contributed by atoms with Crippen molar-refractivity contribution in [3.63, 3.8) is 0 Å². The van der Waals surface area contributed by atoms with Crippen molar-refractivity contribution < 1.29 is 14.5 Å². The molecule has 0 aliphatic heterocycles. The molecule has 0 unspecified atom stereocenters. The summed E-state index contributed by atoms with van der Waals surface area (Å²) < 4.78 is 6.49. The van der Waals surface area contributed by atoms with Crippen LogP contribution in [0.5, 0.6) is 5.75 Å². The van der Waals surface area contributed by atoms with Gasteiger partial charge in [-0.1, -0.05) is 28.1 Å². The Morgan fingerprint density at radius 1 is 1.32 bits per heavy atom. The fraction of sp³-hybridized carbons (Fsp3) is 0.176. The average molecular weight is 406 g/mol. The lowest BCUT2D eigenvalue weighted by atomic mass is 10.1. The van der Waals surface area contributed by atoms with Gasteiger partial charge in [-0.3, -0.25) is 14.9 Å². The minimum absolute atomic E-state index is 0.0419. The van der Waals surface area contributed by atoms with Crippen LogP contribution in [0.15, 0.2) is 46.0 Å². The molecule has 0 bridgehead atoms. The summed E-state index contributed by atoms with van der Waals surface area (Å²) in [6, 6.07) is 9.74. The predicted molar refractivity (Wildman–Crippen MR) is 97.9 cm³/mol. The molecule has 0 spiro atoms. The van der Waals surface area contributed by atoms with E-state index in [1.807, 2.05) is 26.0 Å². The standard InChI is InChI=1S/C17H16BrN3O4/c1-11-6-14(18)7-12(2)17(11)25-10-16(22)20-19-9-13-4-3-5-15(8-13)21(23)24/h3-9H,10H2,1-2H3,(H,20,22)/b19-9+. The van der Waals surface area contributed by atoms with Crippen LogP contribution in [0.3, 0.4) is 0 Å². The minimum Gasteiger partial charge on any atom is -0.483 e. The number of carbonyl (C=O) groups is 1. The van der Waals surface area contributed by atoms with E-state index in [1.54, 1.807) is 12.1 Å². The van der Waals surface area contributed by atoms with Crippen LogP contribution in [0.1, 0.15) is 16.7 Å². The molecule has 2 rings (SSSR count). The first-order chi connectivity index (χ1) is 11.9. The van der Waals surface area contributed by atoms with Crippen LogP contribution in [0.4, 0.5) is 5.69 Å². The van der Waals surface area contributed by atoms with Gasteiger partial charge in [0.2, 0.25) is 0 Å². The molecule has 0 aliphatic rings. The van der Waals surface area contributed by atoms with E-state index in [2.05, 4.69) is 26.5 Å². The largest absolute Gasteiger partial charge is 0.483 e. The van der Waals surface area contributed by atoms with Crippen molar-refractivity contribution in [3.8, 4) is 5.75 Å². The highest BCUT2D eigenvalue weighted by Crippen LogP contribution is 2.27. The number of hydrogen-bond donors (Lipinski definition) is 1. The SMILES string of the molecule is Cc1cc(Br)cc(C)c1OCC(=O)N/N=C/c1cccc([N+](=O)[O-])c1. The molecule has 0 atom stereocenters. The maximum absolute atomic E-state index is 11.8. The summed E-state index contributed by atoms with van der Waals surface area (Å²) in [7, 11) is 0. The van der Waals surface area contributed by atoms with Crippen molar-refractivity contribution in [2.24, 2.45) is 5.10 Å². The smallest absolute Gasteiger partial charge is 0.277 e. The lowest BCUT2D eigenvalue weighted by molar-refractivity contribution is -0.384. The van der Waals surface area contributed by atoms with E-state index in [-0.39, 0.29) is 12.3 Å². The summed E-state index contributed by atoms with van der Waals surface area (Å²) >= 11 is 3.40. The van der Waals surface area contributed by atoms with Gasteiger partial charge in [0.15, 0.2) is 6.61 Å². The number of ether oxygens (including phenoxy) is 1. The molecule has 0 radical (unpaired) electrons. The molecule has 1 amide bonds. The van der Waals surface area contributed by atoms with E-state index in [4.69, 9.17) is 4.74 Å². The molecule has 2 aromatic rings. The Morgan fingerprint density at radius 2 is 2.00 bits per heavy atom. The maximum Gasteiger partial charge on any atom is 0.277 e. The van der Waals surface area contributed by atoms with Gasteiger partial charge >= 0.3 is 0 Å². The molecule has 25 heavy (non-hydrogen) atoms. The van der Waals surface area contributed by atoms with E-state index in [0.717, 1.165) is 15.6 Å². The van der Waals surface area contributed by atoms with Crippen molar-refractivity contribution in [2.45, 2.75) is 13.8 Å². The van der Waals surface area contributed by atoms with Crippen LogP contribution < -0.4 is 10.2 Å². The first-order valence-corrected chi connectivity index (χ1v) is 8.12. The second kappa shape index (κ2) is 8.39. The number of non-ortho nitro benzene ring substituents is 1. The highest BCUT2D eigenvalue weighted by molar-refractivity contribution is 9.10. The van der Waals surface area contributed by atoms with Gasteiger partial charge in [-0.15, -0.1) is 0 Å². The normalized spacial score (nSPS) is 10.7. The number of rotatable bonds is 6. The highest BCUT2D eigenvalue weighted by Gasteiger charge is 2.08. The lowest BCUT2D eigenvalue weighted by Crippen LogP contribution is -2.25. The van der Waals surface area contributed by atoms with Gasteiger partial charge in [0, 0.05) is 22.2 Å².